The number of nitrogens with zero attached hydrogens (tertiary/aromatic N) is 1. The Kier molecular flexibility index (Phi) is 7.50. The number of hydrogen-bond donors (Lipinski definition) is 0. The molecule has 1 aromatic rings. The van der Waals surface area contributed by atoms with E-state index in [-0.39, 0.29) is 29.8 Å². The zero-order chi connectivity index (χ0) is 23.5. The molecule has 1 saturated carbocycles. The summed E-state index contributed by atoms with van der Waals surface area (Å²) in [4.78, 5) is 14.4. The number of amides is 1. The first-order valence-electron chi connectivity index (χ1n) is 11.8. The molecule has 0 unspecified atom stereocenters. The van der Waals surface area contributed by atoms with Crippen molar-refractivity contribution in [1.29, 1.82) is 0 Å². The Hall–Kier alpha value is -1.84. The zero-order valence-corrected chi connectivity index (χ0v) is 20.3. The molecule has 8 nitrogen and oxygen atoms in total. The lowest BCUT2D eigenvalue weighted by Gasteiger charge is -2.38. The van der Waals surface area contributed by atoms with Crippen LogP contribution in [0.2, 0.25) is 0 Å². The molecule has 0 N–H and O–H groups in total. The van der Waals surface area contributed by atoms with E-state index < -0.39 is 9.84 Å². The second-order valence-electron chi connectivity index (χ2n) is 9.94. The first-order chi connectivity index (χ1) is 15.7. The molecule has 184 valence electrons. The minimum Gasteiger partial charge on any atom is -0.490 e. The fourth-order valence-electron chi connectivity index (χ4n) is 4.55. The number of piperidine rings is 1. The summed E-state index contributed by atoms with van der Waals surface area (Å²) in [5, 5.41) is 0. The van der Waals surface area contributed by atoms with Crippen LogP contribution in [-0.4, -0.2) is 76.9 Å². The van der Waals surface area contributed by atoms with Gasteiger partial charge in [0.1, 0.15) is 12.4 Å². The van der Waals surface area contributed by atoms with Crippen LogP contribution in [-0.2, 0) is 24.0 Å². The van der Waals surface area contributed by atoms with Crippen LogP contribution in [0.15, 0.2) is 29.2 Å². The highest BCUT2D eigenvalue weighted by Crippen LogP contribution is 2.29. The van der Waals surface area contributed by atoms with E-state index in [2.05, 4.69) is 6.92 Å². The van der Waals surface area contributed by atoms with Crippen molar-refractivity contribution in [3.63, 3.8) is 0 Å². The van der Waals surface area contributed by atoms with Gasteiger partial charge in [0, 0.05) is 24.8 Å². The minimum atomic E-state index is -3.20. The van der Waals surface area contributed by atoms with Crippen molar-refractivity contribution in [2.24, 2.45) is 5.41 Å². The summed E-state index contributed by atoms with van der Waals surface area (Å²) >= 11 is 0. The van der Waals surface area contributed by atoms with E-state index in [4.69, 9.17) is 18.9 Å². The molecule has 2 saturated heterocycles. The number of rotatable bonds is 7. The van der Waals surface area contributed by atoms with Crippen LogP contribution < -0.4 is 4.74 Å². The molecule has 0 spiro atoms. The second-order valence-corrected chi connectivity index (χ2v) is 12.0. The Balaban J connectivity index is 1.13. The van der Waals surface area contributed by atoms with Gasteiger partial charge in [-0.1, -0.05) is 6.92 Å². The minimum absolute atomic E-state index is 0.0285. The van der Waals surface area contributed by atoms with E-state index in [1.807, 2.05) is 0 Å². The maximum absolute atomic E-state index is 12.3. The summed E-state index contributed by atoms with van der Waals surface area (Å²) in [6.45, 7) is 5.11. The summed E-state index contributed by atoms with van der Waals surface area (Å²) in [5.74, 6) is 0.699. The van der Waals surface area contributed by atoms with E-state index in [9.17, 15) is 13.2 Å². The third-order valence-corrected chi connectivity index (χ3v) is 7.83. The van der Waals surface area contributed by atoms with Crippen molar-refractivity contribution >= 4 is 15.9 Å². The van der Waals surface area contributed by atoms with Crippen LogP contribution in [0.3, 0.4) is 0 Å². The topological polar surface area (TPSA) is 91.4 Å². The van der Waals surface area contributed by atoms with Crippen LogP contribution in [0, 0.1) is 5.41 Å². The van der Waals surface area contributed by atoms with Gasteiger partial charge in [-0.15, -0.1) is 0 Å². The van der Waals surface area contributed by atoms with Gasteiger partial charge in [-0.05, 0) is 62.8 Å². The second kappa shape index (κ2) is 10.2. The molecule has 0 aromatic heterocycles. The average molecular weight is 482 g/mol. The lowest BCUT2D eigenvalue weighted by molar-refractivity contribution is -0.129. The highest BCUT2D eigenvalue weighted by molar-refractivity contribution is 7.90. The first kappa shape index (κ1) is 24.3. The number of hydrogen-bond acceptors (Lipinski definition) is 7. The van der Waals surface area contributed by atoms with Gasteiger partial charge in [0.15, 0.2) is 9.84 Å². The lowest BCUT2D eigenvalue weighted by atomic mass is 9.90. The quantitative estimate of drug-likeness (QED) is 0.589. The normalized spacial score (nSPS) is 25.8. The van der Waals surface area contributed by atoms with E-state index in [1.54, 1.807) is 29.2 Å². The molecular formula is C24H35NO7S. The lowest BCUT2D eigenvalue weighted by Crippen LogP contribution is -2.47. The van der Waals surface area contributed by atoms with Gasteiger partial charge in [-0.3, -0.25) is 0 Å². The molecule has 4 rings (SSSR count). The maximum Gasteiger partial charge on any atom is 0.409 e. The van der Waals surface area contributed by atoms with Crippen molar-refractivity contribution < 1.29 is 32.2 Å². The third-order valence-electron chi connectivity index (χ3n) is 6.71. The van der Waals surface area contributed by atoms with Gasteiger partial charge in [0.05, 0.1) is 36.4 Å². The van der Waals surface area contributed by atoms with Gasteiger partial charge in [-0.25, -0.2) is 13.2 Å². The van der Waals surface area contributed by atoms with Crippen molar-refractivity contribution in [3.8, 4) is 5.75 Å². The molecular weight excluding hydrogens is 446 g/mol. The van der Waals surface area contributed by atoms with E-state index in [0.29, 0.717) is 43.6 Å². The number of benzene rings is 1. The molecule has 0 bridgehead atoms. The van der Waals surface area contributed by atoms with Crippen LogP contribution in [0.4, 0.5) is 4.79 Å². The van der Waals surface area contributed by atoms with Crippen LogP contribution in [0.5, 0.6) is 5.75 Å². The average Bonchev–Trinajstić information content (AvgIpc) is 2.78. The number of carbonyl (C=O) groups excluding carboxylic acids is 1. The summed E-state index contributed by atoms with van der Waals surface area (Å²) in [5.41, 5.74) is -0.0285. The molecule has 1 aliphatic carbocycles. The Bertz CT molecular complexity index is 897. The predicted molar refractivity (Wildman–Crippen MR) is 122 cm³/mol. The molecule has 3 aliphatic rings. The Morgan fingerprint density at radius 3 is 2.12 bits per heavy atom. The van der Waals surface area contributed by atoms with E-state index in [1.165, 1.54) is 6.26 Å². The zero-order valence-electron chi connectivity index (χ0n) is 19.5. The molecule has 1 amide bonds. The maximum atomic E-state index is 12.3. The molecule has 3 fully saturated rings. The molecule has 2 aliphatic heterocycles. The van der Waals surface area contributed by atoms with Crippen LogP contribution >= 0.6 is 0 Å². The van der Waals surface area contributed by atoms with Crippen LogP contribution in [0.1, 0.15) is 45.4 Å². The Labute approximate surface area is 196 Å². The molecule has 2 heterocycles. The highest BCUT2D eigenvalue weighted by atomic mass is 32.2. The SMILES string of the molecule is CC1(COC(=O)N2CCC(O[C@H]3CC[C@H](Oc4ccc(S(C)(=O)=O)cc4)CC3)CC2)COC1. The number of carbonyl (C=O) groups is 1. The summed E-state index contributed by atoms with van der Waals surface area (Å²) in [7, 11) is -3.20. The third kappa shape index (κ3) is 6.61. The predicted octanol–water partition coefficient (Wildman–Crippen LogP) is 3.43. The Morgan fingerprint density at radius 1 is 1.00 bits per heavy atom. The van der Waals surface area contributed by atoms with Crippen molar-refractivity contribution in [1.82, 2.24) is 4.90 Å². The van der Waals surface area contributed by atoms with Crippen molar-refractivity contribution in [3.05, 3.63) is 24.3 Å². The summed E-state index contributed by atoms with van der Waals surface area (Å²) in [6, 6.07) is 6.61. The standard InChI is InChI=1S/C24H35NO7S/c1-24(15-29-16-24)17-30-23(26)25-13-11-21(12-14-25)32-19-5-3-18(4-6-19)31-20-7-9-22(10-8-20)33(2,27)28/h7-10,18-19,21H,3-6,11-17H2,1-2H3/t18-,19-. The number of sulfone groups is 1. The van der Waals surface area contributed by atoms with Gasteiger partial charge < -0.3 is 23.8 Å². The highest BCUT2D eigenvalue weighted by Gasteiger charge is 2.36. The number of likely N-dealkylation sites (tertiary alicyclic amines) is 1. The molecule has 1 aromatic carbocycles. The number of ether oxygens (including phenoxy) is 4. The fourth-order valence-corrected chi connectivity index (χ4v) is 5.18. The summed E-state index contributed by atoms with van der Waals surface area (Å²) in [6.07, 6.45) is 6.85. The molecule has 0 radical (unpaired) electrons. The van der Waals surface area contributed by atoms with E-state index >= 15 is 0 Å². The van der Waals surface area contributed by atoms with Crippen LogP contribution in [0.25, 0.3) is 0 Å². The fraction of sp³-hybridized carbons (Fsp3) is 0.708. The Morgan fingerprint density at radius 2 is 1.58 bits per heavy atom. The van der Waals surface area contributed by atoms with Gasteiger partial charge >= 0.3 is 6.09 Å². The van der Waals surface area contributed by atoms with Gasteiger partial charge in [0.25, 0.3) is 0 Å². The smallest absolute Gasteiger partial charge is 0.409 e. The van der Waals surface area contributed by atoms with Gasteiger partial charge in [-0.2, -0.15) is 0 Å². The monoisotopic (exact) mass is 481 g/mol. The van der Waals surface area contributed by atoms with E-state index in [0.717, 1.165) is 38.5 Å². The molecule has 0 atom stereocenters. The first-order valence-corrected chi connectivity index (χ1v) is 13.7. The largest absolute Gasteiger partial charge is 0.490 e. The van der Waals surface area contributed by atoms with Crippen molar-refractivity contribution in [2.45, 2.75) is 68.7 Å². The summed E-state index contributed by atoms with van der Waals surface area (Å²) < 4.78 is 46.2. The molecule has 33 heavy (non-hydrogen) atoms. The van der Waals surface area contributed by atoms with Crippen molar-refractivity contribution in [2.75, 3.05) is 39.2 Å². The van der Waals surface area contributed by atoms with Gasteiger partial charge in [0.2, 0.25) is 0 Å². The molecule has 9 heteroatoms.